The second kappa shape index (κ2) is 7.39. The van der Waals surface area contributed by atoms with E-state index < -0.39 is 29.7 Å². The van der Waals surface area contributed by atoms with Gasteiger partial charge in [0.1, 0.15) is 0 Å². The van der Waals surface area contributed by atoms with Crippen LogP contribution in [-0.4, -0.2) is 35.7 Å². The molecule has 1 aromatic rings. The van der Waals surface area contributed by atoms with Crippen molar-refractivity contribution in [2.75, 3.05) is 13.1 Å². The van der Waals surface area contributed by atoms with Crippen molar-refractivity contribution < 1.29 is 14.4 Å². The monoisotopic (exact) mass is 292 g/mol. The summed E-state index contributed by atoms with van der Waals surface area (Å²) in [6, 6.07) is 8.53. The predicted octanol–water partition coefficient (Wildman–Crippen LogP) is -0.878. The fourth-order valence-corrected chi connectivity index (χ4v) is 1.99. The third-order valence-electron chi connectivity index (χ3n) is 3.12. The molecular weight excluding hydrogens is 272 g/mol. The third-order valence-corrected chi connectivity index (χ3v) is 3.12. The smallest absolute Gasteiger partial charge is 0.237 e. The summed E-state index contributed by atoms with van der Waals surface area (Å²) in [6.45, 7) is 0.899. The minimum absolute atomic E-state index is 0.367. The van der Waals surface area contributed by atoms with Gasteiger partial charge in [-0.25, -0.2) is 0 Å². The molecule has 0 saturated heterocycles. The van der Waals surface area contributed by atoms with Gasteiger partial charge >= 0.3 is 0 Å². The highest BCUT2D eigenvalue weighted by molar-refractivity contribution is 5.89. The standard InChI is InChI=1S/C14H20N4O3/c1-9(13(17)10-5-3-2-4-6-10)14(21)18(7-11(15)19)8-12(16)20/h2-6,9,13H,7-8,17H2,1H3,(H2,15,19)(H2,16,20). The number of hydrogen-bond acceptors (Lipinski definition) is 4. The number of rotatable bonds is 7. The fraction of sp³-hybridized carbons (Fsp3) is 0.357. The lowest BCUT2D eigenvalue weighted by Gasteiger charge is -2.26. The molecular formula is C14H20N4O3. The number of benzene rings is 1. The van der Waals surface area contributed by atoms with Gasteiger partial charge < -0.3 is 22.1 Å². The number of primary amides is 2. The van der Waals surface area contributed by atoms with E-state index in [1.807, 2.05) is 18.2 Å². The summed E-state index contributed by atoms with van der Waals surface area (Å²) in [5.74, 6) is -2.50. The van der Waals surface area contributed by atoms with E-state index in [4.69, 9.17) is 17.2 Å². The zero-order valence-electron chi connectivity index (χ0n) is 11.9. The summed E-state index contributed by atoms with van der Waals surface area (Å²) < 4.78 is 0. The first-order valence-electron chi connectivity index (χ1n) is 6.48. The lowest BCUT2D eigenvalue weighted by Crippen LogP contribution is -2.47. The van der Waals surface area contributed by atoms with Gasteiger partial charge in [0.25, 0.3) is 0 Å². The maximum absolute atomic E-state index is 12.4. The van der Waals surface area contributed by atoms with E-state index in [0.29, 0.717) is 0 Å². The van der Waals surface area contributed by atoms with Gasteiger partial charge in [-0.05, 0) is 5.56 Å². The van der Waals surface area contributed by atoms with Gasteiger partial charge in [-0.3, -0.25) is 14.4 Å². The quantitative estimate of drug-likeness (QED) is 0.602. The average molecular weight is 292 g/mol. The minimum Gasteiger partial charge on any atom is -0.368 e. The molecule has 0 radical (unpaired) electrons. The van der Waals surface area contributed by atoms with Crippen LogP contribution in [0.25, 0.3) is 0 Å². The van der Waals surface area contributed by atoms with Crippen LogP contribution in [0.15, 0.2) is 30.3 Å². The Morgan fingerprint density at radius 1 is 1.05 bits per heavy atom. The normalized spacial score (nSPS) is 13.2. The van der Waals surface area contributed by atoms with Gasteiger partial charge in [0, 0.05) is 6.04 Å². The molecule has 0 fully saturated rings. The Balaban J connectivity index is 2.86. The van der Waals surface area contributed by atoms with Crippen molar-refractivity contribution in [1.82, 2.24) is 4.90 Å². The van der Waals surface area contributed by atoms with Crippen LogP contribution < -0.4 is 17.2 Å². The van der Waals surface area contributed by atoms with Crippen LogP contribution in [-0.2, 0) is 14.4 Å². The highest BCUT2D eigenvalue weighted by Crippen LogP contribution is 2.20. The van der Waals surface area contributed by atoms with E-state index in [1.165, 1.54) is 0 Å². The highest BCUT2D eigenvalue weighted by Gasteiger charge is 2.28. The second-order valence-corrected chi connectivity index (χ2v) is 4.85. The van der Waals surface area contributed by atoms with E-state index in [0.717, 1.165) is 10.5 Å². The average Bonchev–Trinajstić information content (AvgIpc) is 2.44. The van der Waals surface area contributed by atoms with Crippen molar-refractivity contribution in [2.24, 2.45) is 23.1 Å². The fourth-order valence-electron chi connectivity index (χ4n) is 1.99. The molecule has 6 N–H and O–H groups in total. The first-order chi connectivity index (χ1) is 9.82. The molecule has 3 amide bonds. The van der Waals surface area contributed by atoms with Crippen molar-refractivity contribution in [3.05, 3.63) is 35.9 Å². The number of carbonyl (C=O) groups excluding carboxylic acids is 3. The number of nitrogens with zero attached hydrogens (tertiary/aromatic N) is 1. The summed E-state index contributed by atoms with van der Waals surface area (Å²) in [5, 5.41) is 0. The molecule has 21 heavy (non-hydrogen) atoms. The lowest BCUT2D eigenvalue weighted by molar-refractivity contribution is -0.141. The lowest BCUT2D eigenvalue weighted by atomic mass is 9.94. The van der Waals surface area contributed by atoms with Gasteiger partial charge in [-0.15, -0.1) is 0 Å². The number of nitrogens with two attached hydrogens (primary N) is 3. The first kappa shape index (κ1) is 16.6. The topological polar surface area (TPSA) is 133 Å². The van der Waals surface area contributed by atoms with Crippen molar-refractivity contribution in [3.63, 3.8) is 0 Å². The van der Waals surface area contributed by atoms with Crippen LogP contribution in [0, 0.1) is 5.92 Å². The summed E-state index contributed by atoms with van der Waals surface area (Å²) >= 11 is 0. The molecule has 2 unspecified atom stereocenters. The Morgan fingerprint density at radius 3 is 1.95 bits per heavy atom. The zero-order valence-corrected chi connectivity index (χ0v) is 11.9. The Bertz CT molecular complexity index is 502. The number of hydrogen-bond donors (Lipinski definition) is 3. The van der Waals surface area contributed by atoms with E-state index in [2.05, 4.69) is 0 Å². The van der Waals surface area contributed by atoms with Crippen LogP contribution in [0.2, 0.25) is 0 Å². The van der Waals surface area contributed by atoms with Gasteiger partial charge in [-0.1, -0.05) is 37.3 Å². The summed E-state index contributed by atoms with van der Waals surface area (Å²) in [4.78, 5) is 35.4. The van der Waals surface area contributed by atoms with Crippen LogP contribution in [0.3, 0.4) is 0 Å². The Kier molecular flexibility index (Phi) is 5.86. The molecule has 0 bridgehead atoms. The van der Waals surface area contributed by atoms with Crippen molar-refractivity contribution in [1.29, 1.82) is 0 Å². The van der Waals surface area contributed by atoms with Gasteiger partial charge in [-0.2, -0.15) is 0 Å². The minimum atomic E-state index is -0.718. The second-order valence-electron chi connectivity index (χ2n) is 4.85. The van der Waals surface area contributed by atoms with E-state index in [-0.39, 0.29) is 13.1 Å². The zero-order chi connectivity index (χ0) is 16.0. The van der Waals surface area contributed by atoms with Crippen molar-refractivity contribution >= 4 is 17.7 Å². The summed E-state index contributed by atoms with van der Waals surface area (Å²) in [6.07, 6.45) is 0. The van der Waals surface area contributed by atoms with Gasteiger partial charge in [0.05, 0.1) is 19.0 Å². The predicted molar refractivity (Wildman–Crippen MR) is 77.5 cm³/mol. The maximum Gasteiger partial charge on any atom is 0.237 e. The molecule has 0 aliphatic rings. The molecule has 0 aliphatic heterocycles. The SMILES string of the molecule is CC(C(=O)N(CC(N)=O)CC(N)=O)C(N)c1ccccc1. The molecule has 0 spiro atoms. The van der Waals surface area contributed by atoms with Gasteiger partial charge in [0.15, 0.2) is 0 Å². The largest absolute Gasteiger partial charge is 0.368 e. The Labute approximate surface area is 123 Å². The summed E-state index contributed by atoms with van der Waals surface area (Å²) in [5.41, 5.74) is 17.0. The first-order valence-corrected chi connectivity index (χ1v) is 6.48. The molecule has 7 nitrogen and oxygen atoms in total. The van der Waals surface area contributed by atoms with Crippen LogP contribution in [0.4, 0.5) is 0 Å². The van der Waals surface area contributed by atoms with Crippen LogP contribution >= 0.6 is 0 Å². The molecule has 0 aliphatic carbocycles. The molecule has 114 valence electrons. The van der Waals surface area contributed by atoms with Crippen molar-refractivity contribution in [3.8, 4) is 0 Å². The molecule has 2 atom stereocenters. The molecule has 0 heterocycles. The molecule has 0 saturated carbocycles. The molecule has 7 heteroatoms. The van der Waals surface area contributed by atoms with Crippen LogP contribution in [0.5, 0.6) is 0 Å². The highest BCUT2D eigenvalue weighted by atomic mass is 16.2. The number of amides is 3. The van der Waals surface area contributed by atoms with Crippen molar-refractivity contribution in [2.45, 2.75) is 13.0 Å². The number of carbonyl (C=O) groups is 3. The van der Waals surface area contributed by atoms with E-state index >= 15 is 0 Å². The molecule has 1 aromatic carbocycles. The van der Waals surface area contributed by atoms with Crippen LogP contribution in [0.1, 0.15) is 18.5 Å². The Morgan fingerprint density at radius 2 is 1.52 bits per heavy atom. The third kappa shape index (κ3) is 4.88. The van der Waals surface area contributed by atoms with E-state index in [9.17, 15) is 14.4 Å². The molecule has 0 aromatic heterocycles. The van der Waals surface area contributed by atoms with E-state index in [1.54, 1.807) is 19.1 Å². The Hall–Kier alpha value is -2.41. The summed E-state index contributed by atoms with van der Waals surface area (Å²) in [7, 11) is 0. The molecule has 1 rings (SSSR count). The van der Waals surface area contributed by atoms with Gasteiger partial charge in [0.2, 0.25) is 17.7 Å². The maximum atomic E-state index is 12.4.